The van der Waals surface area contributed by atoms with Gasteiger partial charge in [-0.25, -0.2) is 0 Å². The van der Waals surface area contributed by atoms with Gasteiger partial charge in [0.15, 0.2) is 0 Å². The minimum atomic E-state index is 0.564. The largest absolute Gasteiger partial charge is 0.0620 e. The summed E-state index contributed by atoms with van der Waals surface area (Å²) in [5.74, 6) is 0.898. The molecule has 1 saturated carbocycles. The van der Waals surface area contributed by atoms with Crippen LogP contribution in [0.3, 0.4) is 0 Å². The van der Waals surface area contributed by atoms with Gasteiger partial charge in [-0.3, -0.25) is 0 Å². The Morgan fingerprint density at radius 3 is 2.87 bits per heavy atom. The van der Waals surface area contributed by atoms with E-state index in [9.17, 15) is 0 Å². The first-order chi connectivity index (χ1) is 7.33. The number of aryl methyl sites for hydroxylation is 1. The second-order valence-electron chi connectivity index (χ2n) is 5.46. The lowest BCUT2D eigenvalue weighted by Gasteiger charge is -2.40. The van der Waals surface area contributed by atoms with Crippen molar-refractivity contribution in [1.29, 1.82) is 0 Å². The molecule has 0 aromatic heterocycles. The van der Waals surface area contributed by atoms with Crippen molar-refractivity contribution in [3.05, 3.63) is 35.4 Å². The molecule has 2 atom stereocenters. The summed E-state index contributed by atoms with van der Waals surface area (Å²) in [6.45, 7) is 2.47. The molecule has 1 aromatic carbocycles. The van der Waals surface area contributed by atoms with E-state index in [1.165, 1.54) is 38.5 Å². The molecule has 3 rings (SSSR count). The molecule has 1 aromatic rings. The normalized spacial score (nSPS) is 34.3. The molecule has 80 valence electrons. The van der Waals surface area contributed by atoms with Gasteiger partial charge >= 0.3 is 0 Å². The highest BCUT2D eigenvalue weighted by molar-refractivity contribution is 5.40. The van der Waals surface area contributed by atoms with Crippen LogP contribution in [0.1, 0.15) is 50.2 Å². The molecular formula is C15H20. The van der Waals surface area contributed by atoms with Crippen molar-refractivity contribution in [2.24, 2.45) is 5.92 Å². The molecule has 0 heterocycles. The summed E-state index contributed by atoms with van der Waals surface area (Å²) in [4.78, 5) is 0. The van der Waals surface area contributed by atoms with Crippen LogP contribution >= 0.6 is 0 Å². The van der Waals surface area contributed by atoms with E-state index in [0.717, 1.165) is 5.92 Å². The lowest BCUT2D eigenvalue weighted by molar-refractivity contribution is 0.200. The second kappa shape index (κ2) is 3.37. The summed E-state index contributed by atoms with van der Waals surface area (Å²) in [5.41, 5.74) is 3.89. The molecule has 0 saturated heterocycles. The second-order valence-corrected chi connectivity index (χ2v) is 5.46. The highest BCUT2D eigenvalue weighted by Crippen LogP contribution is 2.51. The van der Waals surface area contributed by atoms with E-state index in [1.54, 1.807) is 11.1 Å². The van der Waals surface area contributed by atoms with E-state index in [1.807, 2.05) is 0 Å². The zero-order valence-corrected chi connectivity index (χ0v) is 9.63. The highest BCUT2D eigenvalue weighted by atomic mass is 14.5. The standard InChI is InChI=1S/C15H20/c1-12-6-4-5-10-15(12)11-9-13-7-2-3-8-14(13)15/h2-3,7-8,12H,4-6,9-11H2,1H3. The van der Waals surface area contributed by atoms with Crippen LogP contribution in [0.4, 0.5) is 0 Å². The van der Waals surface area contributed by atoms with Gasteiger partial charge in [-0.1, -0.05) is 44.0 Å². The van der Waals surface area contributed by atoms with Crippen LogP contribution in [0.25, 0.3) is 0 Å². The molecule has 1 spiro atoms. The first kappa shape index (κ1) is 9.45. The smallest absolute Gasteiger partial charge is 0.00155 e. The highest BCUT2D eigenvalue weighted by Gasteiger charge is 2.43. The van der Waals surface area contributed by atoms with Crippen molar-refractivity contribution in [2.75, 3.05) is 0 Å². The topological polar surface area (TPSA) is 0 Å². The monoisotopic (exact) mass is 200 g/mol. The fourth-order valence-electron chi connectivity index (χ4n) is 3.90. The average molecular weight is 200 g/mol. The van der Waals surface area contributed by atoms with Gasteiger partial charge in [-0.05, 0) is 48.1 Å². The Kier molecular flexibility index (Phi) is 2.12. The molecule has 2 aliphatic carbocycles. The van der Waals surface area contributed by atoms with Crippen LogP contribution in [0.5, 0.6) is 0 Å². The minimum Gasteiger partial charge on any atom is -0.0620 e. The first-order valence-corrected chi connectivity index (χ1v) is 6.41. The maximum Gasteiger partial charge on any atom is -0.00155 e. The molecule has 0 heteroatoms. The third-order valence-electron chi connectivity index (χ3n) is 4.85. The minimum absolute atomic E-state index is 0.564. The summed E-state index contributed by atoms with van der Waals surface area (Å²) in [5, 5.41) is 0. The summed E-state index contributed by atoms with van der Waals surface area (Å²) in [7, 11) is 0. The van der Waals surface area contributed by atoms with Gasteiger partial charge in [-0.15, -0.1) is 0 Å². The molecule has 2 unspecified atom stereocenters. The van der Waals surface area contributed by atoms with Crippen LogP contribution in [0.15, 0.2) is 24.3 Å². The SMILES string of the molecule is CC1CCCCC12CCc1ccccc12. The van der Waals surface area contributed by atoms with Crippen LogP contribution in [0, 0.1) is 5.92 Å². The van der Waals surface area contributed by atoms with Crippen LogP contribution in [-0.2, 0) is 11.8 Å². The Morgan fingerprint density at radius 1 is 1.13 bits per heavy atom. The first-order valence-electron chi connectivity index (χ1n) is 6.41. The lowest BCUT2D eigenvalue weighted by Crippen LogP contribution is -2.34. The van der Waals surface area contributed by atoms with Gasteiger partial charge in [0.2, 0.25) is 0 Å². The Morgan fingerprint density at radius 2 is 2.00 bits per heavy atom. The van der Waals surface area contributed by atoms with Crippen molar-refractivity contribution < 1.29 is 0 Å². The molecular weight excluding hydrogens is 180 g/mol. The van der Waals surface area contributed by atoms with Crippen molar-refractivity contribution in [3.8, 4) is 0 Å². The van der Waals surface area contributed by atoms with Gasteiger partial charge in [-0.2, -0.15) is 0 Å². The van der Waals surface area contributed by atoms with E-state index in [4.69, 9.17) is 0 Å². The van der Waals surface area contributed by atoms with Gasteiger partial charge in [0.05, 0.1) is 0 Å². The molecule has 0 nitrogen and oxygen atoms in total. The summed E-state index contributed by atoms with van der Waals surface area (Å²) in [6.07, 6.45) is 8.50. The average Bonchev–Trinajstić information content (AvgIpc) is 2.64. The van der Waals surface area contributed by atoms with Crippen molar-refractivity contribution >= 4 is 0 Å². The lowest BCUT2D eigenvalue weighted by atomic mass is 9.64. The van der Waals surface area contributed by atoms with E-state index in [0.29, 0.717) is 5.41 Å². The molecule has 0 bridgehead atoms. The maximum absolute atomic E-state index is 2.47. The van der Waals surface area contributed by atoms with E-state index in [-0.39, 0.29) is 0 Å². The molecule has 0 amide bonds. The Bertz CT molecular complexity index is 362. The molecule has 1 fully saturated rings. The number of hydrogen-bond acceptors (Lipinski definition) is 0. The van der Waals surface area contributed by atoms with Gasteiger partial charge in [0, 0.05) is 0 Å². The quantitative estimate of drug-likeness (QED) is 0.592. The number of fused-ring (bicyclic) bond motifs is 2. The van der Waals surface area contributed by atoms with Crippen molar-refractivity contribution in [3.63, 3.8) is 0 Å². The predicted molar refractivity (Wildman–Crippen MR) is 64.1 cm³/mol. The molecule has 0 radical (unpaired) electrons. The summed E-state index contributed by atoms with van der Waals surface area (Å²) < 4.78 is 0. The van der Waals surface area contributed by atoms with Crippen LogP contribution in [-0.4, -0.2) is 0 Å². The number of rotatable bonds is 0. The maximum atomic E-state index is 2.47. The van der Waals surface area contributed by atoms with E-state index < -0.39 is 0 Å². The molecule has 0 aliphatic heterocycles. The van der Waals surface area contributed by atoms with Crippen LogP contribution in [0.2, 0.25) is 0 Å². The predicted octanol–water partition coefficient (Wildman–Crippen LogP) is 4.08. The number of hydrogen-bond donors (Lipinski definition) is 0. The Balaban J connectivity index is 2.07. The Hall–Kier alpha value is -0.780. The van der Waals surface area contributed by atoms with Gasteiger partial charge in [0.25, 0.3) is 0 Å². The fourth-order valence-corrected chi connectivity index (χ4v) is 3.90. The number of benzene rings is 1. The third-order valence-corrected chi connectivity index (χ3v) is 4.85. The van der Waals surface area contributed by atoms with Crippen molar-refractivity contribution in [1.82, 2.24) is 0 Å². The zero-order chi connectivity index (χ0) is 10.3. The summed E-state index contributed by atoms with van der Waals surface area (Å²) >= 11 is 0. The molecule has 2 aliphatic rings. The van der Waals surface area contributed by atoms with Gasteiger partial charge in [0.1, 0.15) is 0 Å². The van der Waals surface area contributed by atoms with E-state index in [2.05, 4.69) is 31.2 Å². The van der Waals surface area contributed by atoms with Crippen LogP contribution < -0.4 is 0 Å². The zero-order valence-electron chi connectivity index (χ0n) is 9.63. The molecule has 0 N–H and O–H groups in total. The Labute approximate surface area is 92.7 Å². The molecule has 15 heavy (non-hydrogen) atoms. The van der Waals surface area contributed by atoms with Crippen molar-refractivity contribution in [2.45, 2.75) is 50.9 Å². The van der Waals surface area contributed by atoms with Gasteiger partial charge < -0.3 is 0 Å². The fraction of sp³-hybridized carbons (Fsp3) is 0.600. The van der Waals surface area contributed by atoms with E-state index >= 15 is 0 Å². The third kappa shape index (κ3) is 1.27. The summed E-state index contributed by atoms with van der Waals surface area (Å²) in [6, 6.07) is 9.16.